The van der Waals surface area contributed by atoms with Crippen LogP contribution in [0.3, 0.4) is 0 Å². The van der Waals surface area contributed by atoms with Crippen LogP contribution in [0.1, 0.15) is 41.5 Å². The Kier molecular flexibility index (Phi) is 10.4. The molecule has 5 rings (SSSR count). The lowest BCUT2D eigenvalue weighted by molar-refractivity contribution is -0.119. The van der Waals surface area contributed by atoms with Crippen LogP contribution in [0.15, 0.2) is 96.2 Å². The van der Waals surface area contributed by atoms with E-state index in [0.29, 0.717) is 41.2 Å². The third-order valence-corrected chi connectivity index (χ3v) is 10.6. The van der Waals surface area contributed by atoms with Gasteiger partial charge in [0.1, 0.15) is 11.6 Å². The molecule has 4 atom stereocenters. The number of nitrogens with zero attached hydrogens (tertiary/aromatic N) is 2. The van der Waals surface area contributed by atoms with Gasteiger partial charge in [-0.05, 0) is 78.4 Å². The molecule has 0 bridgehead atoms. The molecule has 7 nitrogen and oxygen atoms in total. The van der Waals surface area contributed by atoms with E-state index in [2.05, 4.69) is 10.3 Å². The van der Waals surface area contributed by atoms with Gasteiger partial charge in [-0.3, -0.25) is 9.78 Å². The molecule has 236 valence electrons. The van der Waals surface area contributed by atoms with Crippen molar-refractivity contribution in [2.45, 2.75) is 55.1 Å². The van der Waals surface area contributed by atoms with Gasteiger partial charge in [-0.15, -0.1) is 0 Å². The highest BCUT2D eigenvalue weighted by Gasteiger charge is 2.38. The zero-order valence-corrected chi connectivity index (χ0v) is 26.3. The highest BCUT2D eigenvalue weighted by atomic mass is 35.5. The minimum atomic E-state index is -3.80. The van der Waals surface area contributed by atoms with Gasteiger partial charge in [-0.2, -0.15) is 4.31 Å². The SMILES string of the molecule is C[C@@H]1CNC[C@H](CCc2c(F)cncc2CC(=O)[C@@H](N)[C@@H](c2ccc(Cl)cc2)c2cccc(F)c2)N1S(=O)(=O)c1ccccc1. The second kappa shape index (κ2) is 14.3. The van der Waals surface area contributed by atoms with Gasteiger partial charge < -0.3 is 11.1 Å². The predicted molar refractivity (Wildman–Crippen MR) is 170 cm³/mol. The molecule has 3 N–H and O–H groups in total. The lowest BCUT2D eigenvalue weighted by Gasteiger charge is -2.40. The Balaban J connectivity index is 1.38. The Morgan fingerprint density at radius 1 is 1.02 bits per heavy atom. The molecule has 0 radical (unpaired) electrons. The number of carbonyl (C=O) groups is 1. The maximum absolute atomic E-state index is 15.3. The van der Waals surface area contributed by atoms with E-state index in [9.17, 15) is 17.6 Å². The molecular formula is C34H35ClF2N4O3S. The van der Waals surface area contributed by atoms with Crippen LogP contribution >= 0.6 is 11.6 Å². The molecular weight excluding hydrogens is 618 g/mol. The molecule has 1 aliphatic rings. The third-order valence-electron chi connectivity index (χ3n) is 8.29. The average molecular weight is 653 g/mol. The second-order valence-electron chi connectivity index (χ2n) is 11.4. The van der Waals surface area contributed by atoms with E-state index in [1.165, 1.54) is 22.6 Å². The number of carbonyl (C=O) groups excluding carboxylic acids is 1. The fraction of sp³-hybridized carbons (Fsp3) is 0.294. The van der Waals surface area contributed by atoms with Gasteiger partial charge in [0.05, 0.1) is 17.1 Å². The normalized spacial score (nSPS) is 18.8. The standard InChI is InChI=1S/C34H35ClF2N4O3S/c1-22-18-39-20-28(41(22)45(43,44)29-8-3-2-4-9-29)14-15-30-25(19-40-21-31(30)37)17-32(42)34(38)33(23-10-12-26(35)13-11-23)24-6-5-7-27(36)16-24/h2-13,16,19,21-22,28,33-34,39H,14-15,17-18,20,38H2,1H3/t22-,28+,33+,34-/m1/s1. The summed E-state index contributed by atoms with van der Waals surface area (Å²) >= 11 is 6.09. The number of piperazine rings is 1. The number of hydrogen-bond acceptors (Lipinski definition) is 6. The topological polar surface area (TPSA) is 105 Å². The van der Waals surface area contributed by atoms with Crippen LogP contribution in [-0.4, -0.2) is 54.7 Å². The van der Waals surface area contributed by atoms with Gasteiger partial charge in [-0.25, -0.2) is 17.2 Å². The minimum absolute atomic E-state index is 0.177. The molecule has 4 aromatic rings. The number of benzene rings is 3. The second-order valence-corrected chi connectivity index (χ2v) is 13.6. The van der Waals surface area contributed by atoms with Crippen molar-refractivity contribution >= 4 is 27.4 Å². The zero-order chi connectivity index (χ0) is 32.1. The number of nitrogens with two attached hydrogens (primary N) is 1. The van der Waals surface area contributed by atoms with E-state index in [1.807, 2.05) is 6.92 Å². The number of ketones is 1. The Labute approximate surface area is 267 Å². The number of halogens is 3. The van der Waals surface area contributed by atoms with E-state index >= 15 is 4.39 Å². The first-order chi connectivity index (χ1) is 21.6. The molecule has 1 aromatic heterocycles. The maximum atomic E-state index is 15.3. The molecule has 1 fully saturated rings. The van der Waals surface area contributed by atoms with Crippen molar-refractivity contribution in [1.82, 2.24) is 14.6 Å². The molecule has 0 unspecified atom stereocenters. The summed E-state index contributed by atoms with van der Waals surface area (Å²) in [5.41, 5.74) is 8.44. The maximum Gasteiger partial charge on any atom is 0.243 e. The minimum Gasteiger partial charge on any atom is -0.321 e. The summed E-state index contributed by atoms with van der Waals surface area (Å²) in [6, 6.07) is 19.2. The average Bonchev–Trinajstić information content (AvgIpc) is 3.02. The predicted octanol–water partition coefficient (Wildman–Crippen LogP) is 5.27. The first-order valence-electron chi connectivity index (χ1n) is 14.8. The first-order valence-corrected chi connectivity index (χ1v) is 16.6. The number of Topliss-reactive ketones (excluding diaryl/α,β-unsaturated/α-hetero) is 1. The van der Waals surface area contributed by atoms with E-state index in [4.69, 9.17) is 17.3 Å². The molecule has 45 heavy (non-hydrogen) atoms. The van der Waals surface area contributed by atoms with Gasteiger partial charge in [0.2, 0.25) is 10.0 Å². The largest absolute Gasteiger partial charge is 0.321 e. The molecule has 3 aromatic carbocycles. The smallest absolute Gasteiger partial charge is 0.243 e. The van der Waals surface area contributed by atoms with Crippen LogP contribution in [0.5, 0.6) is 0 Å². The van der Waals surface area contributed by atoms with Gasteiger partial charge in [0, 0.05) is 48.7 Å². The van der Waals surface area contributed by atoms with Gasteiger partial charge in [0.25, 0.3) is 0 Å². The lowest BCUT2D eigenvalue weighted by atomic mass is 9.82. The van der Waals surface area contributed by atoms with E-state index < -0.39 is 39.7 Å². The van der Waals surface area contributed by atoms with Crippen LogP contribution in [0.25, 0.3) is 0 Å². The summed E-state index contributed by atoms with van der Waals surface area (Å²) in [7, 11) is -3.80. The summed E-state index contributed by atoms with van der Waals surface area (Å²) in [5, 5.41) is 3.79. The Hall–Kier alpha value is -3.54. The van der Waals surface area contributed by atoms with Gasteiger partial charge >= 0.3 is 0 Å². The van der Waals surface area contributed by atoms with Crippen LogP contribution in [-0.2, 0) is 27.7 Å². The fourth-order valence-corrected chi connectivity index (χ4v) is 8.08. The highest BCUT2D eigenvalue weighted by Crippen LogP contribution is 2.31. The Morgan fingerprint density at radius 3 is 2.47 bits per heavy atom. The highest BCUT2D eigenvalue weighted by molar-refractivity contribution is 7.89. The quantitative estimate of drug-likeness (QED) is 0.229. The van der Waals surface area contributed by atoms with E-state index in [-0.39, 0.29) is 35.1 Å². The van der Waals surface area contributed by atoms with Gasteiger partial charge in [0.15, 0.2) is 5.78 Å². The molecule has 1 saturated heterocycles. The molecule has 2 heterocycles. The van der Waals surface area contributed by atoms with Crippen molar-refractivity contribution in [2.75, 3.05) is 13.1 Å². The van der Waals surface area contributed by atoms with Crippen molar-refractivity contribution in [3.05, 3.63) is 130 Å². The summed E-state index contributed by atoms with van der Waals surface area (Å²) in [4.78, 5) is 17.9. The zero-order valence-electron chi connectivity index (χ0n) is 24.7. The molecule has 0 saturated carbocycles. The third kappa shape index (κ3) is 7.48. The van der Waals surface area contributed by atoms with Crippen LogP contribution in [0, 0.1) is 11.6 Å². The van der Waals surface area contributed by atoms with Crippen LogP contribution in [0.2, 0.25) is 5.02 Å². The van der Waals surface area contributed by atoms with Crippen molar-refractivity contribution in [1.29, 1.82) is 0 Å². The number of pyridine rings is 1. The number of aromatic nitrogens is 1. The molecule has 11 heteroatoms. The summed E-state index contributed by atoms with van der Waals surface area (Å²) < 4.78 is 58.3. The van der Waals surface area contributed by atoms with Gasteiger partial charge in [-0.1, -0.05) is 54.1 Å². The molecule has 0 amide bonds. The summed E-state index contributed by atoms with van der Waals surface area (Å²) in [6.45, 7) is 2.73. The monoisotopic (exact) mass is 652 g/mol. The van der Waals surface area contributed by atoms with E-state index in [1.54, 1.807) is 66.7 Å². The summed E-state index contributed by atoms with van der Waals surface area (Å²) in [5.74, 6) is -2.10. The van der Waals surface area contributed by atoms with Crippen LogP contribution < -0.4 is 11.1 Å². The molecule has 1 aliphatic heterocycles. The first kappa shape index (κ1) is 32.8. The molecule has 0 spiro atoms. The van der Waals surface area contributed by atoms with Crippen molar-refractivity contribution in [3.8, 4) is 0 Å². The number of rotatable bonds is 11. The van der Waals surface area contributed by atoms with Crippen molar-refractivity contribution in [3.63, 3.8) is 0 Å². The number of sulfonamides is 1. The summed E-state index contributed by atoms with van der Waals surface area (Å²) in [6.07, 6.45) is 2.83. The van der Waals surface area contributed by atoms with Crippen molar-refractivity contribution < 1.29 is 22.0 Å². The Bertz CT molecular complexity index is 1740. The van der Waals surface area contributed by atoms with Crippen LogP contribution in [0.4, 0.5) is 8.78 Å². The van der Waals surface area contributed by atoms with Crippen molar-refractivity contribution in [2.24, 2.45) is 5.73 Å². The number of hydrogen-bond donors (Lipinski definition) is 2. The van der Waals surface area contributed by atoms with E-state index in [0.717, 1.165) is 6.20 Å². The molecule has 0 aliphatic carbocycles. The number of nitrogens with one attached hydrogen (secondary N) is 1. The Morgan fingerprint density at radius 2 is 1.76 bits per heavy atom. The lowest BCUT2D eigenvalue weighted by Crippen LogP contribution is -2.58. The fourth-order valence-electron chi connectivity index (χ4n) is 6.09.